The first-order valence-corrected chi connectivity index (χ1v) is 5.56. The van der Waals surface area contributed by atoms with Gasteiger partial charge < -0.3 is 10.5 Å². The number of anilines is 1. The third-order valence-corrected chi connectivity index (χ3v) is 2.57. The van der Waals surface area contributed by atoms with Crippen LogP contribution in [0.1, 0.15) is 5.56 Å². The summed E-state index contributed by atoms with van der Waals surface area (Å²) < 4.78 is 31.9. The standard InChI is InChI=1S/C13H10ClF2NO/c14-9-3-1-8(2-4-9)7-18-13-11(15)5-10(17)6-12(13)16/h1-6H,7,17H2. The van der Waals surface area contributed by atoms with E-state index in [0.29, 0.717) is 5.02 Å². The summed E-state index contributed by atoms with van der Waals surface area (Å²) in [6.45, 7) is 0.0505. The van der Waals surface area contributed by atoms with E-state index >= 15 is 0 Å². The van der Waals surface area contributed by atoms with Gasteiger partial charge in [-0.25, -0.2) is 8.78 Å². The van der Waals surface area contributed by atoms with Gasteiger partial charge in [0, 0.05) is 22.8 Å². The van der Waals surface area contributed by atoms with Crippen LogP contribution in [0.25, 0.3) is 0 Å². The summed E-state index contributed by atoms with van der Waals surface area (Å²) >= 11 is 5.72. The quantitative estimate of drug-likeness (QED) is 0.861. The summed E-state index contributed by atoms with van der Waals surface area (Å²) in [6.07, 6.45) is 0. The maximum absolute atomic E-state index is 13.4. The number of halogens is 3. The fourth-order valence-electron chi connectivity index (χ4n) is 1.45. The molecule has 0 radical (unpaired) electrons. The lowest BCUT2D eigenvalue weighted by atomic mass is 10.2. The summed E-state index contributed by atoms with van der Waals surface area (Å²) in [5.41, 5.74) is 6.08. The van der Waals surface area contributed by atoms with Gasteiger partial charge in [-0.05, 0) is 17.7 Å². The van der Waals surface area contributed by atoms with E-state index in [2.05, 4.69) is 0 Å². The highest BCUT2D eigenvalue weighted by molar-refractivity contribution is 6.30. The van der Waals surface area contributed by atoms with Crippen LogP contribution in [0.4, 0.5) is 14.5 Å². The lowest BCUT2D eigenvalue weighted by molar-refractivity contribution is 0.274. The Morgan fingerprint density at radius 1 is 1.06 bits per heavy atom. The zero-order valence-corrected chi connectivity index (χ0v) is 10.0. The van der Waals surface area contributed by atoms with E-state index in [1.54, 1.807) is 24.3 Å². The highest BCUT2D eigenvalue weighted by Crippen LogP contribution is 2.25. The van der Waals surface area contributed by atoms with Gasteiger partial charge in [0.1, 0.15) is 6.61 Å². The molecule has 2 aromatic carbocycles. The molecule has 0 bridgehead atoms. The predicted octanol–water partition coefficient (Wildman–Crippen LogP) is 3.78. The monoisotopic (exact) mass is 269 g/mol. The largest absolute Gasteiger partial charge is 0.483 e. The average Bonchev–Trinajstić information content (AvgIpc) is 2.30. The number of benzene rings is 2. The number of ether oxygens (including phenoxy) is 1. The van der Waals surface area contributed by atoms with Gasteiger partial charge in [-0.2, -0.15) is 0 Å². The molecule has 2 aromatic rings. The van der Waals surface area contributed by atoms with Gasteiger partial charge >= 0.3 is 0 Å². The van der Waals surface area contributed by atoms with Crippen LogP contribution in [0.3, 0.4) is 0 Å². The molecule has 94 valence electrons. The maximum atomic E-state index is 13.4. The van der Waals surface area contributed by atoms with Gasteiger partial charge in [0.15, 0.2) is 17.4 Å². The highest BCUT2D eigenvalue weighted by Gasteiger charge is 2.11. The van der Waals surface area contributed by atoms with E-state index in [0.717, 1.165) is 17.7 Å². The van der Waals surface area contributed by atoms with Crippen LogP contribution >= 0.6 is 11.6 Å². The minimum atomic E-state index is -0.818. The van der Waals surface area contributed by atoms with E-state index < -0.39 is 17.4 Å². The van der Waals surface area contributed by atoms with Gasteiger partial charge in [0.05, 0.1) is 0 Å². The molecule has 0 amide bonds. The number of rotatable bonds is 3. The van der Waals surface area contributed by atoms with Crippen LogP contribution in [-0.4, -0.2) is 0 Å². The Kier molecular flexibility index (Phi) is 3.67. The Labute approximate surface area is 108 Å². The summed E-state index contributed by atoms with van der Waals surface area (Å²) in [4.78, 5) is 0. The van der Waals surface area contributed by atoms with Crippen LogP contribution in [0.5, 0.6) is 5.75 Å². The smallest absolute Gasteiger partial charge is 0.191 e. The zero-order valence-electron chi connectivity index (χ0n) is 9.29. The molecule has 0 atom stereocenters. The van der Waals surface area contributed by atoms with E-state index in [4.69, 9.17) is 22.1 Å². The minimum absolute atomic E-state index is 0.0174. The second-order valence-corrected chi connectivity index (χ2v) is 4.17. The molecule has 5 heteroatoms. The van der Waals surface area contributed by atoms with E-state index in [-0.39, 0.29) is 12.3 Å². The Balaban J connectivity index is 2.13. The third-order valence-electron chi connectivity index (χ3n) is 2.32. The van der Waals surface area contributed by atoms with Crippen molar-refractivity contribution in [1.29, 1.82) is 0 Å². The zero-order chi connectivity index (χ0) is 13.1. The molecule has 2 N–H and O–H groups in total. The number of hydrogen-bond donors (Lipinski definition) is 1. The van der Waals surface area contributed by atoms with Crippen molar-refractivity contribution in [2.24, 2.45) is 0 Å². The van der Waals surface area contributed by atoms with Crippen molar-refractivity contribution in [1.82, 2.24) is 0 Å². The van der Waals surface area contributed by atoms with Gasteiger partial charge in [-0.1, -0.05) is 23.7 Å². The lowest BCUT2D eigenvalue weighted by Crippen LogP contribution is -2.01. The van der Waals surface area contributed by atoms with Gasteiger partial charge in [-0.3, -0.25) is 0 Å². The molecule has 0 aromatic heterocycles. The molecule has 0 aliphatic heterocycles. The van der Waals surface area contributed by atoms with E-state index in [1.165, 1.54) is 0 Å². The van der Waals surface area contributed by atoms with Gasteiger partial charge in [0.25, 0.3) is 0 Å². The van der Waals surface area contributed by atoms with E-state index in [9.17, 15) is 8.78 Å². The number of nitrogen functional groups attached to an aromatic ring is 1. The molecule has 0 aliphatic carbocycles. The normalized spacial score (nSPS) is 10.4. The van der Waals surface area contributed by atoms with Crippen LogP contribution in [0.2, 0.25) is 5.02 Å². The molecule has 0 saturated carbocycles. The predicted molar refractivity (Wildman–Crippen MR) is 66.6 cm³/mol. The van der Waals surface area contributed by atoms with Gasteiger partial charge in [0.2, 0.25) is 0 Å². The summed E-state index contributed by atoms with van der Waals surface area (Å²) in [6, 6.07) is 8.82. The molecular formula is C13H10ClF2NO. The summed E-state index contributed by atoms with van der Waals surface area (Å²) in [5.74, 6) is -2.07. The Morgan fingerprint density at radius 2 is 1.61 bits per heavy atom. The van der Waals surface area contributed by atoms with Crippen molar-refractivity contribution in [3.63, 3.8) is 0 Å². The SMILES string of the molecule is Nc1cc(F)c(OCc2ccc(Cl)cc2)c(F)c1. The van der Waals surface area contributed by atoms with Gasteiger partial charge in [-0.15, -0.1) is 0 Å². The molecule has 0 saturated heterocycles. The Bertz CT molecular complexity index is 534. The van der Waals surface area contributed by atoms with Crippen LogP contribution in [0, 0.1) is 11.6 Å². The van der Waals surface area contributed by atoms with Crippen molar-refractivity contribution in [2.75, 3.05) is 5.73 Å². The van der Waals surface area contributed by atoms with Crippen LogP contribution in [-0.2, 0) is 6.61 Å². The first-order valence-electron chi connectivity index (χ1n) is 5.18. The molecule has 0 spiro atoms. The topological polar surface area (TPSA) is 35.2 Å². The van der Waals surface area contributed by atoms with Crippen molar-refractivity contribution < 1.29 is 13.5 Å². The van der Waals surface area contributed by atoms with Crippen LogP contribution < -0.4 is 10.5 Å². The van der Waals surface area contributed by atoms with Crippen molar-refractivity contribution in [2.45, 2.75) is 6.61 Å². The molecule has 0 fully saturated rings. The van der Waals surface area contributed by atoms with E-state index in [1.807, 2.05) is 0 Å². The number of hydrogen-bond acceptors (Lipinski definition) is 2. The molecule has 0 unspecified atom stereocenters. The third kappa shape index (κ3) is 2.90. The second-order valence-electron chi connectivity index (χ2n) is 3.73. The van der Waals surface area contributed by atoms with Crippen molar-refractivity contribution in [3.05, 3.63) is 58.6 Å². The minimum Gasteiger partial charge on any atom is -0.483 e. The maximum Gasteiger partial charge on any atom is 0.191 e. The van der Waals surface area contributed by atoms with Crippen molar-refractivity contribution >= 4 is 17.3 Å². The first kappa shape index (κ1) is 12.6. The highest BCUT2D eigenvalue weighted by atomic mass is 35.5. The second kappa shape index (κ2) is 5.23. The summed E-state index contributed by atoms with van der Waals surface area (Å²) in [5, 5.41) is 0.587. The average molecular weight is 270 g/mol. The Hall–Kier alpha value is -1.81. The Morgan fingerprint density at radius 3 is 2.17 bits per heavy atom. The fourth-order valence-corrected chi connectivity index (χ4v) is 1.58. The molecule has 0 heterocycles. The molecule has 2 rings (SSSR count). The first-order chi connectivity index (χ1) is 8.56. The van der Waals surface area contributed by atoms with Crippen LogP contribution in [0.15, 0.2) is 36.4 Å². The lowest BCUT2D eigenvalue weighted by Gasteiger charge is -2.09. The summed E-state index contributed by atoms with van der Waals surface area (Å²) in [7, 11) is 0. The molecule has 0 aliphatic rings. The van der Waals surface area contributed by atoms with Crippen molar-refractivity contribution in [3.8, 4) is 5.75 Å². The number of nitrogens with two attached hydrogens (primary N) is 1. The fraction of sp³-hybridized carbons (Fsp3) is 0.0769. The molecule has 18 heavy (non-hydrogen) atoms. The molecule has 2 nitrogen and oxygen atoms in total. The molecular weight excluding hydrogens is 260 g/mol.